The van der Waals surface area contributed by atoms with Gasteiger partial charge in [-0.15, -0.1) is 0 Å². The Hall–Kier alpha value is -2.59. The molecule has 0 radical (unpaired) electrons. The van der Waals surface area contributed by atoms with Crippen LogP contribution in [0.1, 0.15) is 18.4 Å². The molecule has 4 heteroatoms. The number of nitrogens with zero attached hydrogens (tertiary/aromatic N) is 1. The third-order valence-electron chi connectivity index (χ3n) is 5.25. The van der Waals surface area contributed by atoms with E-state index in [0.29, 0.717) is 12.0 Å². The zero-order chi connectivity index (χ0) is 17.8. The molecule has 1 unspecified atom stereocenters. The van der Waals surface area contributed by atoms with E-state index in [1.165, 1.54) is 25.9 Å². The Morgan fingerprint density at radius 1 is 1.04 bits per heavy atom. The molecule has 134 valence electrons. The molecule has 3 aliphatic rings. The van der Waals surface area contributed by atoms with Gasteiger partial charge in [0.25, 0.3) is 0 Å². The molecule has 0 aliphatic carbocycles. The third kappa shape index (κ3) is 4.14. The van der Waals surface area contributed by atoms with Gasteiger partial charge in [0.1, 0.15) is 11.5 Å². The number of hydrogen-bond donors (Lipinski definition) is 1. The number of amides is 1. The molecule has 3 saturated heterocycles. The Balaban J connectivity index is 1.36. The van der Waals surface area contributed by atoms with Gasteiger partial charge in [-0.1, -0.05) is 30.3 Å². The van der Waals surface area contributed by atoms with Crippen LogP contribution in [-0.2, 0) is 4.79 Å². The number of ether oxygens (including phenoxy) is 1. The van der Waals surface area contributed by atoms with E-state index < -0.39 is 0 Å². The van der Waals surface area contributed by atoms with Gasteiger partial charge in [0.2, 0.25) is 5.91 Å². The zero-order valence-electron chi connectivity index (χ0n) is 14.8. The lowest BCUT2D eigenvalue weighted by Gasteiger charge is -2.44. The monoisotopic (exact) mass is 348 g/mol. The smallest absolute Gasteiger partial charge is 0.244 e. The second-order valence-corrected chi connectivity index (χ2v) is 7.07. The van der Waals surface area contributed by atoms with Crippen LogP contribution in [0.3, 0.4) is 0 Å². The van der Waals surface area contributed by atoms with Crippen molar-refractivity contribution in [2.24, 2.45) is 5.92 Å². The van der Waals surface area contributed by atoms with Gasteiger partial charge >= 0.3 is 0 Å². The van der Waals surface area contributed by atoms with Gasteiger partial charge in [-0.3, -0.25) is 4.79 Å². The van der Waals surface area contributed by atoms with E-state index in [1.807, 2.05) is 60.7 Å². The summed E-state index contributed by atoms with van der Waals surface area (Å²) in [7, 11) is 0. The molecule has 2 aromatic carbocycles. The first-order valence-corrected chi connectivity index (χ1v) is 9.30. The molecule has 3 heterocycles. The molecule has 4 nitrogen and oxygen atoms in total. The first-order valence-electron chi connectivity index (χ1n) is 9.30. The number of nitrogens with one attached hydrogen (secondary N) is 1. The number of rotatable bonds is 5. The quantitative estimate of drug-likeness (QED) is 0.838. The average molecular weight is 348 g/mol. The molecule has 0 saturated carbocycles. The van der Waals surface area contributed by atoms with Crippen LogP contribution in [0.2, 0.25) is 0 Å². The Labute approximate surface area is 154 Å². The van der Waals surface area contributed by atoms with Crippen LogP contribution in [0.5, 0.6) is 11.5 Å². The summed E-state index contributed by atoms with van der Waals surface area (Å²) >= 11 is 0. The van der Waals surface area contributed by atoms with Crippen LogP contribution in [0.15, 0.2) is 60.7 Å². The van der Waals surface area contributed by atoms with E-state index in [2.05, 4.69) is 10.2 Å². The highest BCUT2D eigenvalue weighted by atomic mass is 16.5. The SMILES string of the molecule is O=C(C=Cc1cccc(Oc2ccccc2)c1)NC1CN2CCC1CC2. The molecular formula is C22H24N2O2. The van der Waals surface area contributed by atoms with Crippen molar-refractivity contribution in [2.45, 2.75) is 18.9 Å². The molecule has 0 spiro atoms. The average Bonchev–Trinajstić information content (AvgIpc) is 2.68. The van der Waals surface area contributed by atoms with Crippen LogP contribution in [0.4, 0.5) is 0 Å². The topological polar surface area (TPSA) is 41.6 Å². The summed E-state index contributed by atoms with van der Waals surface area (Å²) < 4.78 is 5.84. The summed E-state index contributed by atoms with van der Waals surface area (Å²) in [5, 5.41) is 3.18. The number of benzene rings is 2. The lowest BCUT2D eigenvalue weighted by atomic mass is 9.84. The minimum Gasteiger partial charge on any atom is -0.457 e. The minimum atomic E-state index is -0.0156. The Bertz CT molecular complexity index is 780. The Kier molecular flexibility index (Phi) is 5.02. The fourth-order valence-electron chi connectivity index (χ4n) is 3.84. The van der Waals surface area contributed by atoms with Crippen molar-refractivity contribution in [1.82, 2.24) is 10.2 Å². The van der Waals surface area contributed by atoms with Crippen molar-refractivity contribution in [3.05, 3.63) is 66.2 Å². The molecule has 3 fully saturated rings. The van der Waals surface area contributed by atoms with Crippen LogP contribution in [0, 0.1) is 5.92 Å². The van der Waals surface area contributed by atoms with Gasteiger partial charge in [0, 0.05) is 18.7 Å². The summed E-state index contributed by atoms with van der Waals surface area (Å²) in [6.07, 6.45) is 5.87. The van der Waals surface area contributed by atoms with E-state index in [4.69, 9.17) is 4.74 Å². The summed E-state index contributed by atoms with van der Waals surface area (Å²) in [4.78, 5) is 14.7. The minimum absolute atomic E-state index is 0.0156. The number of fused-ring (bicyclic) bond motifs is 3. The predicted octanol–water partition coefficient (Wildman–Crippen LogP) is 3.70. The fraction of sp³-hybridized carbons (Fsp3) is 0.318. The molecule has 5 rings (SSSR count). The first-order chi connectivity index (χ1) is 12.8. The Morgan fingerprint density at radius 2 is 1.81 bits per heavy atom. The van der Waals surface area contributed by atoms with Crippen molar-refractivity contribution in [1.29, 1.82) is 0 Å². The summed E-state index contributed by atoms with van der Waals surface area (Å²) in [6.45, 7) is 3.35. The van der Waals surface area contributed by atoms with Crippen LogP contribution < -0.4 is 10.1 Å². The third-order valence-corrected chi connectivity index (χ3v) is 5.25. The number of carbonyl (C=O) groups is 1. The number of piperidine rings is 3. The van der Waals surface area contributed by atoms with E-state index in [0.717, 1.165) is 23.6 Å². The number of hydrogen-bond acceptors (Lipinski definition) is 3. The second-order valence-electron chi connectivity index (χ2n) is 7.07. The van der Waals surface area contributed by atoms with Gasteiger partial charge in [-0.05, 0) is 67.8 Å². The highest BCUT2D eigenvalue weighted by Gasteiger charge is 2.34. The standard InChI is InChI=1S/C22H24N2O2/c25-22(23-21-16-24-13-11-18(21)12-14-24)10-9-17-5-4-8-20(15-17)26-19-6-2-1-3-7-19/h1-10,15,18,21H,11-14,16H2,(H,23,25). The molecule has 1 amide bonds. The summed E-state index contributed by atoms with van der Waals surface area (Å²) in [6, 6.07) is 17.7. The maximum absolute atomic E-state index is 12.3. The highest BCUT2D eigenvalue weighted by Crippen LogP contribution is 2.27. The van der Waals surface area contributed by atoms with Crippen molar-refractivity contribution in [3.8, 4) is 11.5 Å². The zero-order valence-corrected chi connectivity index (χ0v) is 14.8. The van der Waals surface area contributed by atoms with Crippen molar-refractivity contribution in [2.75, 3.05) is 19.6 Å². The molecule has 3 aliphatic heterocycles. The van der Waals surface area contributed by atoms with Crippen molar-refractivity contribution < 1.29 is 9.53 Å². The van der Waals surface area contributed by atoms with E-state index >= 15 is 0 Å². The molecular weight excluding hydrogens is 324 g/mol. The van der Waals surface area contributed by atoms with Crippen LogP contribution in [0.25, 0.3) is 6.08 Å². The van der Waals surface area contributed by atoms with E-state index in [1.54, 1.807) is 6.08 Å². The Morgan fingerprint density at radius 3 is 2.54 bits per heavy atom. The highest BCUT2D eigenvalue weighted by molar-refractivity contribution is 5.92. The van der Waals surface area contributed by atoms with Crippen molar-refractivity contribution in [3.63, 3.8) is 0 Å². The predicted molar refractivity (Wildman–Crippen MR) is 103 cm³/mol. The lowest BCUT2D eigenvalue weighted by Crippen LogP contribution is -2.57. The maximum atomic E-state index is 12.3. The number of para-hydroxylation sites is 1. The van der Waals surface area contributed by atoms with Crippen molar-refractivity contribution >= 4 is 12.0 Å². The number of carbonyl (C=O) groups excluding carboxylic acids is 1. The lowest BCUT2D eigenvalue weighted by molar-refractivity contribution is -0.118. The van der Waals surface area contributed by atoms with E-state index in [9.17, 15) is 4.79 Å². The van der Waals surface area contributed by atoms with Gasteiger partial charge < -0.3 is 15.0 Å². The summed E-state index contributed by atoms with van der Waals surface area (Å²) in [5.41, 5.74) is 0.947. The molecule has 2 bridgehead atoms. The normalized spacial score (nSPS) is 24.5. The molecule has 1 atom stereocenters. The second kappa shape index (κ2) is 7.75. The summed E-state index contributed by atoms with van der Waals surface area (Å²) in [5.74, 6) is 2.18. The maximum Gasteiger partial charge on any atom is 0.244 e. The molecule has 26 heavy (non-hydrogen) atoms. The van der Waals surface area contributed by atoms with Gasteiger partial charge in [-0.2, -0.15) is 0 Å². The largest absolute Gasteiger partial charge is 0.457 e. The van der Waals surface area contributed by atoms with Crippen LogP contribution in [-0.4, -0.2) is 36.5 Å². The molecule has 1 N–H and O–H groups in total. The fourth-order valence-corrected chi connectivity index (χ4v) is 3.84. The molecule has 0 aromatic heterocycles. The van der Waals surface area contributed by atoms with Gasteiger partial charge in [-0.25, -0.2) is 0 Å². The van der Waals surface area contributed by atoms with Crippen LogP contribution >= 0.6 is 0 Å². The first kappa shape index (κ1) is 16.9. The van der Waals surface area contributed by atoms with E-state index in [-0.39, 0.29) is 5.91 Å². The molecule has 2 aromatic rings. The van der Waals surface area contributed by atoms with Gasteiger partial charge in [0.15, 0.2) is 0 Å². The van der Waals surface area contributed by atoms with Gasteiger partial charge in [0.05, 0.1) is 0 Å².